The third-order valence-corrected chi connectivity index (χ3v) is 5.01. The lowest BCUT2D eigenvalue weighted by atomic mass is 9.71. The van der Waals surface area contributed by atoms with E-state index in [2.05, 4.69) is 17.6 Å². The lowest BCUT2D eigenvalue weighted by Gasteiger charge is -2.32. The van der Waals surface area contributed by atoms with Crippen LogP contribution >= 0.6 is 0 Å². The zero-order valence-corrected chi connectivity index (χ0v) is 14.4. The van der Waals surface area contributed by atoms with E-state index in [4.69, 9.17) is 10.00 Å². The fourth-order valence-electron chi connectivity index (χ4n) is 3.70. The Labute approximate surface area is 150 Å². The summed E-state index contributed by atoms with van der Waals surface area (Å²) in [5, 5.41) is 20.1. The fourth-order valence-corrected chi connectivity index (χ4v) is 3.70. The smallest absolute Gasteiger partial charge is 0.195 e. The largest absolute Gasteiger partial charge is 0.504 e. The summed E-state index contributed by atoms with van der Waals surface area (Å²) in [4.78, 5) is 16.5. The van der Waals surface area contributed by atoms with E-state index in [1.165, 1.54) is 12.3 Å². The van der Waals surface area contributed by atoms with Gasteiger partial charge in [0, 0.05) is 27.6 Å². The van der Waals surface area contributed by atoms with Crippen molar-refractivity contribution in [1.29, 1.82) is 5.26 Å². The van der Waals surface area contributed by atoms with Gasteiger partial charge in [-0.1, -0.05) is 26.5 Å². The number of aromatic amines is 1. The number of phenolic OH excluding ortho intramolecular Hbond substituents is 1. The summed E-state index contributed by atoms with van der Waals surface area (Å²) in [6.45, 7) is 7.52. The molecule has 0 saturated heterocycles. The molecule has 1 aliphatic rings. The van der Waals surface area contributed by atoms with E-state index in [-0.39, 0.29) is 17.3 Å². The molecule has 1 aromatic heterocycles. The fraction of sp³-hybridized carbons (Fsp3) is 0.143. The first-order valence-corrected chi connectivity index (χ1v) is 8.14. The first-order chi connectivity index (χ1) is 12.4. The van der Waals surface area contributed by atoms with Gasteiger partial charge in [-0.05, 0) is 29.8 Å². The molecular formula is C21H16N2O3. The molecule has 0 unspecified atom stereocenters. The van der Waals surface area contributed by atoms with Crippen molar-refractivity contribution < 1.29 is 14.6 Å². The van der Waals surface area contributed by atoms with Crippen molar-refractivity contribution in [1.82, 2.24) is 4.98 Å². The van der Waals surface area contributed by atoms with Gasteiger partial charge in [0.05, 0.1) is 23.5 Å². The van der Waals surface area contributed by atoms with Gasteiger partial charge in [0.1, 0.15) is 0 Å². The summed E-state index contributed by atoms with van der Waals surface area (Å²) in [5.74, 6) is -0.0143. The number of benzene rings is 2. The second-order valence-electron chi connectivity index (χ2n) is 6.85. The molecule has 0 amide bonds. The van der Waals surface area contributed by atoms with E-state index in [0.29, 0.717) is 16.7 Å². The number of nitriles is 1. The summed E-state index contributed by atoms with van der Waals surface area (Å²) in [7, 11) is 0. The number of rotatable bonds is 2. The van der Waals surface area contributed by atoms with Crippen LogP contribution in [0.25, 0.3) is 10.9 Å². The minimum atomic E-state index is -0.516. The minimum absolute atomic E-state index is 0.108. The van der Waals surface area contributed by atoms with Gasteiger partial charge in [0.2, 0.25) is 0 Å². The third kappa shape index (κ3) is 1.99. The van der Waals surface area contributed by atoms with Gasteiger partial charge < -0.3 is 14.8 Å². The number of hydrogen-bond donors (Lipinski definition) is 2. The maximum Gasteiger partial charge on any atom is 0.195 e. The third-order valence-electron chi connectivity index (χ3n) is 5.01. The molecule has 3 aromatic rings. The van der Waals surface area contributed by atoms with Crippen molar-refractivity contribution in [3.63, 3.8) is 0 Å². The second kappa shape index (κ2) is 5.24. The number of ketones is 1. The molecule has 4 rings (SSSR count). The molecular weight excluding hydrogens is 328 g/mol. The number of fused-ring (bicyclic) bond motifs is 4. The predicted octanol–water partition coefficient (Wildman–Crippen LogP) is 4.14. The summed E-state index contributed by atoms with van der Waals surface area (Å²) >= 11 is 0. The van der Waals surface area contributed by atoms with E-state index in [1.54, 1.807) is 24.3 Å². The molecule has 2 aromatic carbocycles. The molecule has 0 radical (unpaired) electrons. The van der Waals surface area contributed by atoms with Gasteiger partial charge in [-0.25, -0.2) is 0 Å². The number of ether oxygens (including phenoxy) is 1. The molecule has 0 aliphatic heterocycles. The van der Waals surface area contributed by atoms with Gasteiger partial charge in [-0.2, -0.15) is 5.26 Å². The summed E-state index contributed by atoms with van der Waals surface area (Å²) in [6, 6.07) is 10.5. The Morgan fingerprint density at radius 3 is 2.77 bits per heavy atom. The SMILES string of the molecule is C=COc1cc2c(cc1O)C(=O)c1c([nH]c3cc(C#N)ccc13)C2(C)C. The van der Waals surface area contributed by atoms with E-state index < -0.39 is 5.41 Å². The van der Waals surface area contributed by atoms with Crippen LogP contribution in [0.5, 0.6) is 11.5 Å². The van der Waals surface area contributed by atoms with Crippen LogP contribution in [0.2, 0.25) is 0 Å². The Hall–Kier alpha value is -3.52. The summed E-state index contributed by atoms with van der Waals surface area (Å²) in [6.07, 6.45) is 1.23. The molecule has 0 fully saturated rings. The van der Waals surface area contributed by atoms with Crippen LogP contribution < -0.4 is 4.74 Å². The van der Waals surface area contributed by atoms with Crippen molar-refractivity contribution in [2.24, 2.45) is 0 Å². The highest BCUT2D eigenvalue weighted by molar-refractivity contribution is 6.20. The Bertz CT molecular complexity index is 1150. The summed E-state index contributed by atoms with van der Waals surface area (Å²) in [5.41, 5.74) is 3.33. The van der Waals surface area contributed by atoms with Gasteiger partial charge in [-0.3, -0.25) is 4.79 Å². The molecule has 2 N–H and O–H groups in total. The number of hydrogen-bond acceptors (Lipinski definition) is 4. The van der Waals surface area contributed by atoms with Gasteiger partial charge in [0.25, 0.3) is 0 Å². The maximum atomic E-state index is 13.2. The van der Waals surface area contributed by atoms with Gasteiger partial charge in [0.15, 0.2) is 17.3 Å². The highest BCUT2D eigenvalue weighted by Gasteiger charge is 2.40. The molecule has 0 atom stereocenters. The number of carbonyl (C=O) groups excluding carboxylic acids is 1. The zero-order chi connectivity index (χ0) is 18.6. The maximum absolute atomic E-state index is 13.2. The molecule has 128 valence electrons. The molecule has 5 nitrogen and oxygen atoms in total. The molecule has 5 heteroatoms. The molecule has 1 heterocycles. The van der Waals surface area contributed by atoms with Crippen molar-refractivity contribution in [3.05, 3.63) is 71.1 Å². The van der Waals surface area contributed by atoms with E-state index in [9.17, 15) is 9.90 Å². The van der Waals surface area contributed by atoms with Gasteiger partial charge in [-0.15, -0.1) is 0 Å². The standard InChI is InChI=1S/C21H16N2O3/c1-4-26-17-9-14-13(8-16(17)24)19(25)18-12-6-5-11(10-22)7-15(12)23-20(18)21(14,2)3/h4-9,23-24H,1H2,2-3H3. The van der Waals surface area contributed by atoms with Crippen LogP contribution in [0.4, 0.5) is 0 Å². The van der Waals surface area contributed by atoms with Crippen LogP contribution in [0.1, 0.15) is 46.6 Å². The number of aromatic nitrogens is 1. The molecule has 0 bridgehead atoms. The topological polar surface area (TPSA) is 86.1 Å². The molecule has 0 saturated carbocycles. The number of nitrogens with zero attached hydrogens (tertiary/aromatic N) is 1. The van der Waals surface area contributed by atoms with Crippen molar-refractivity contribution >= 4 is 16.7 Å². The predicted molar refractivity (Wildman–Crippen MR) is 97.5 cm³/mol. The Morgan fingerprint density at radius 2 is 2.08 bits per heavy atom. The molecule has 26 heavy (non-hydrogen) atoms. The lowest BCUT2D eigenvalue weighted by molar-refractivity contribution is 0.103. The van der Waals surface area contributed by atoms with Crippen molar-refractivity contribution in [2.45, 2.75) is 19.3 Å². The number of H-pyrrole nitrogens is 1. The number of carbonyl (C=O) groups is 1. The zero-order valence-electron chi connectivity index (χ0n) is 14.4. The summed E-state index contributed by atoms with van der Waals surface area (Å²) < 4.78 is 5.26. The van der Waals surface area contributed by atoms with Crippen molar-refractivity contribution in [2.75, 3.05) is 0 Å². The van der Waals surface area contributed by atoms with E-state index in [0.717, 1.165) is 22.2 Å². The lowest BCUT2D eigenvalue weighted by Crippen LogP contribution is -2.30. The Balaban J connectivity index is 2.04. The Morgan fingerprint density at radius 1 is 1.31 bits per heavy atom. The highest BCUT2D eigenvalue weighted by atomic mass is 16.5. The van der Waals surface area contributed by atoms with Crippen LogP contribution in [-0.4, -0.2) is 15.9 Å². The molecule has 0 spiro atoms. The normalized spacial score (nSPS) is 14.4. The van der Waals surface area contributed by atoms with E-state index >= 15 is 0 Å². The average molecular weight is 344 g/mol. The van der Waals surface area contributed by atoms with Crippen LogP contribution in [-0.2, 0) is 5.41 Å². The average Bonchev–Trinajstić information content (AvgIpc) is 3.01. The Kier molecular flexibility index (Phi) is 3.22. The van der Waals surface area contributed by atoms with Crippen LogP contribution in [0.15, 0.2) is 43.2 Å². The number of nitrogens with one attached hydrogen (secondary N) is 1. The van der Waals surface area contributed by atoms with E-state index in [1.807, 2.05) is 13.8 Å². The number of aromatic hydroxyl groups is 1. The van der Waals surface area contributed by atoms with Crippen LogP contribution in [0.3, 0.4) is 0 Å². The minimum Gasteiger partial charge on any atom is -0.504 e. The van der Waals surface area contributed by atoms with Crippen LogP contribution in [0, 0.1) is 11.3 Å². The van der Waals surface area contributed by atoms with Gasteiger partial charge >= 0.3 is 0 Å². The molecule has 1 aliphatic carbocycles. The first kappa shape index (κ1) is 16.0. The number of phenols is 1. The monoisotopic (exact) mass is 344 g/mol. The first-order valence-electron chi connectivity index (χ1n) is 8.14. The quantitative estimate of drug-likeness (QED) is 0.684. The van der Waals surface area contributed by atoms with Crippen molar-refractivity contribution in [3.8, 4) is 17.6 Å². The second-order valence-corrected chi connectivity index (χ2v) is 6.85. The highest BCUT2D eigenvalue weighted by Crippen LogP contribution is 2.46.